The van der Waals surface area contributed by atoms with Gasteiger partial charge in [-0.1, -0.05) is 0 Å². The number of hydrogen-bond donors (Lipinski definition) is 1. The number of aryl methyl sites for hydroxylation is 2. The van der Waals surface area contributed by atoms with Crippen molar-refractivity contribution in [1.82, 2.24) is 19.7 Å². The smallest absolute Gasteiger partial charge is 0.150 e. The van der Waals surface area contributed by atoms with Crippen LogP contribution in [0.25, 0.3) is 11.3 Å². The molecular formula is C9H11N5. The lowest BCUT2D eigenvalue weighted by atomic mass is 10.2. The van der Waals surface area contributed by atoms with E-state index >= 15 is 0 Å². The first-order valence-corrected chi connectivity index (χ1v) is 4.25. The van der Waals surface area contributed by atoms with E-state index < -0.39 is 0 Å². The van der Waals surface area contributed by atoms with Gasteiger partial charge in [-0.15, -0.1) is 0 Å². The summed E-state index contributed by atoms with van der Waals surface area (Å²) in [4.78, 5) is 8.17. The highest BCUT2D eigenvalue weighted by atomic mass is 15.2. The predicted molar refractivity (Wildman–Crippen MR) is 53.4 cm³/mol. The van der Waals surface area contributed by atoms with Crippen molar-refractivity contribution in [3.8, 4) is 11.3 Å². The molecule has 0 amide bonds. The van der Waals surface area contributed by atoms with Crippen molar-refractivity contribution in [1.29, 1.82) is 0 Å². The fourth-order valence-corrected chi connectivity index (χ4v) is 1.39. The minimum atomic E-state index is 0.434. The van der Waals surface area contributed by atoms with Gasteiger partial charge in [0, 0.05) is 31.2 Å². The molecular weight excluding hydrogens is 178 g/mol. The van der Waals surface area contributed by atoms with Crippen molar-refractivity contribution in [2.24, 2.45) is 7.05 Å². The summed E-state index contributed by atoms with van der Waals surface area (Å²) in [7, 11) is 1.86. The Hall–Kier alpha value is -1.91. The topological polar surface area (TPSA) is 69.6 Å². The van der Waals surface area contributed by atoms with Gasteiger partial charge in [0.15, 0.2) is 0 Å². The van der Waals surface area contributed by atoms with Gasteiger partial charge >= 0.3 is 0 Å². The molecule has 0 aliphatic rings. The van der Waals surface area contributed by atoms with Crippen LogP contribution in [0.4, 0.5) is 5.82 Å². The Morgan fingerprint density at radius 2 is 2.00 bits per heavy atom. The average molecular weight is 189 g/mol. The Kier molecular flexibility index (Phi) is 1.92. The maximum absolute atomic E-state index is 5.72. The standard InChI is InChI=1S/C9H11N5/c1-6-7(5-14(2)13-6)8-9(10)12-4-3-11-8/h3-5H,1-2H3,(H2,10,12). The Morgan fingerprint density at radius 1 is 1.29 bits per heavy atom. The van der Waals surface area contributed by atoms with Crippen LogP contribution in [-0.4, -0.2) is 19.7 Å². The molecule has 0 aliphatic heterocycles. The molecule has 2 aromatic heterocycles. The van der Waals surface area contributed by atoms with E-state index in [1.165, 1.54) is 0 Å². The molecule has 2 heterocycles. The van der Waals surface area contributed by atoms with Crippen LogP contribution < -0.4 is 5.73 Å². The number of nitrogens with zero attached hydrogens (tertiary/aromatic N) is 4. The maximum Gasteiger partial charge on any atom is 0.150 e. The summed E-state index contributed by atoms with van der Waals surface area (Å²) in [5.41, 5.74) is 8.24. The van der Waals surface area contributed by atoms with Crippen LogP contribution in [0.5, 0.6) is 0 Å². The van der Waals surface area contributed by atoms with Gasteiger partial charge in [0.2, 0.25) is 0 Å². The van der Waals surface area contributed by atoms with Gasteiger partial charge in [-0.3, -0.25) is 9.67 Å². The number of aromatic nitrogens is 4. The van der Waals surface area contributed by atoms with Crippen molar-refractivity contribution >= 4 is 5.82 Å². The third-order valence-corrected chi connectivity index (χ3v) is 2.00. The SMILES string of the molecule is Cc1nn(C)cc1-c1nccnc1N. The number of hydrogen-bond acceptors (Lipinski definition) is 4. The summed E-state index contributed by atoms with van der Waals surface area (Å²) in [6.07, 6.45) is 5.08. The van der Waals surface area contributed by atoms with Crippen LogP contribution >= 0.6 is 0 Å². The normalized spacial score (nSPS) is 10.4. The molecule has 5 nitrogen and oxygen atoms in total. The summed E-state index contributed by atoms with van der Waals surface area (Å²) in [5, 5.41) is 4.22. The second-order valence-corrected chi connectivity index (χ2v) is 3.09. The fourth-order valence-electron chi connectivity index (χ4n) is 1.39. The average Bonchev–Trinajstić information content (AvgIpc) is 2.46. The van der Waals surface area contributed by atoms with E-state index in [4.69, 9.17) is 5.73 Å². The summed E-state index contributed by atoms with van der Waals surface area (Å²) < 4.78 is 1.73. The quantitative estimate of drug-likeness (QED) is 0.719. The Bertz CT molecular complexity index is 460. The molecule has 14 heavy (non-hydrogen) atoms. The minimum absolute atomic E-state index is 0.434. The molecule has 0 unspecified atom stereocenters. The largest absolute Gasteiger partial charge is 0.382 e. The molecule has 72 valence electrons. The van der Waals surface area contributed by atoms with E-state index in [0.717, 1.165) is 11.3 Å². The van der Waals surface area contributed by atoms with Gasteiger partial charge in [-0.05, 0) is 6.92 Å². The molecule has 0 fully saturated rings. The number of nitrogens with two attached hydrogens (primary N) is 1. The molecule has 0 spiro atoms. The summed E-state index contributed by atoms with van der Waals surface area (Å²) in [6, 6.07) is 0. The highest BCUT2D eigenvalue weighted by Crippen LogP contribution is 2.23. The zero-order valence-electron chi connectivity index (χ0n) is 8.10. The van der Waals surface area contributed by atoms with E-state index in [-0.39, 0.29) is 0 Å². The van der Waals surface area contributed by atoms with Crippen molar-refractivity contribution in [3.05, 3.63) is 24.3 Å². The van der Waals surface area contributed by atoms with Crippen molar-refractivity contribution < 1.29 is 0 Å². The first-order valence-electron chi connectivity index (χ1n) is 4.25. The van der Waals surface area contributed by atoms with Gasteiger partial charge in [-0.25, -0.2) is 4.98 Å². The highest BCUT2D eigenvalue weighted by molar-refractivity contribution is 5.70. The van der Waals surface area contributed by atoms with Crippen LogP contribution in [0.2, 0.25) is 0 Å². The van der Waals surface area contributed by atoms with Gasteiger partial charge in [-0.2, -0.15) is 5.10 Å². The molecule has 0 aliphatic carbocycles. The molecule has 0 saturated carbocycles. The maximum atomic E-state index is 5.72. The van der Waals surface area contributed by atoms with Crippen LogP contribution in [-0.2, 0) is 7.05 Å². The summed E-state index contributed by atoms with van der Waals surface area (Å²) >= 11 is 0. The Labute approximate surface area is 81.6 Å². The molecule has 2 N–H and O–H groups in total. The van der Waals surface area contributed by atoms with E-state index in [0.29, 0.717) is 11.5 Å². The van der Waals surface area contributed by atoms with Crippen LogP contribution in [0.15, 0.2) is 18.6 Å². The van der Waals surface area contributed by atoms with E-state index in [1.807, 2.05) is 20.2 Å². The first-order chi connectivity index (χ1) is 6.68. The second-order valence-electron chi connectivity index (χ2n) is 3.09. The van der Waals surface area contributed by atoms with E-state index in [2.05, 4.69) is 15.1 Å². The third-order valence-electron chi connectivity index (χ3n) is 2.00. The van der Waals surface area contributed by atoms with Crippen LogP contribution in [0.1, 0.15) is 5.69 Å². The fraction of sp³-hybridized carbons (Fsp3) is 0.222. The van der Waals surface area contributed by atoms with E-state index in [9.17, 15) is 0 Å². The molecule has 0 saturated heterocycles. The lowest BCUT2D eigenvalue weighted by Gasteiger charge is -1.99. The molecule has 2 aromatic rings. The molecule has 0 bridgehead atoms. The Balaban J connectivity index is 2.60. The highest BCUT2D eigenvalue weighted by Gasteiger charge is 2.10. The summed E-state index contributed by atoms with van der Waals surface area (Å²) in [6.45, 7) is 1.92. The molecule has 5 heteroatoms. The van der Waals surface area contributed by atoms with Crippen molar-refractivity contribution in [2.75, 3.05) is 5.73 Å². The number of nitrogen functional groups attached to an aromatic ring is 1. The monoisotopic (exact) mass is 189 g/mol. The molecule has 0 radical (unpaired) electrons. The molecule has 0 atom stereocenters. The second kappa shape index (κ2) is 3.10. The first kappa shape index (κ1) is 8.68. The molecule has 0 aromatic carbocycles. The predicted octanol–water partition coefficient (Wildman–Crippen LogP) is 0.768. The number of rotatable bonds is 1. The number of anilines is 1. The van der Waals surface area contributed by atoms with Gasteiger partial charge in [0.1, 0.15) is 11.5 Å². The van der Waals surface area contributed by atoms with Gasteiger partial charge in [0.05, 0.1) is 5.69 Å². The van der Waals surface area contributed by atoms with E-state index in [1.54, 1.807) is 17.1 Å². The third kappa shape index (κ3) is 1.32. The lowest BCUT2D eigenvalue weighted by molar-refractivity contribution is 0.756. The zero-order chi connectivity index (χ0) is 10.1. The van der Waals surface area contributed by atoms with Crippen molar-refractivity contribution in [3.63, 3.8) is 0 Å². The van der Waals surface area contributed by atoms with Crippen LogP contribution in [0.3, 0.4) is 0 Å². The minimum Gasteiger partial charge on any atom is -0.382 e. The Morgan fingerprint density at radius 3 is 2.57 bits per heavy atom. The lowest BCUT2D eigenvalue weighted by Crippen LogP contribution is -1.96. The van der Waals surface area contributed by atoms with Crippen LogP contribution in [0, 0.1) is 6.92 Å². The molecule has 2 rings (SSSR count). The van der Waals surface area contributed by atoms with Gasteiger partial charge in [0.25, 0.3) is 0 Å². The zero-order valence-corrected chi connectivity index (χ0v) is 8.10. The summed E-state index contributed by atoms with van der Waals surface area (Å²) in [5.74, 6) is 0.434. The van der Waals surface area contributed by atoms with Gasteiger partial charge < -0.3 is 5.73 Å². The van der Waals surface area contributed by atoms with Crippen molar-refractivity contribution in [2.45, 2.75) is 6.92 Å².